The van der Waals surface area contributed by atoms with Crippen LogP contribution in [0.1, 0.15) is 0 Å². The molecule has 0 aromatic carbocycles. The molecule has 0 aliphatic rings. The zero-order chi connectivity index (χ0) is 8.24. The Morgan fingerprint density at radius 2 is 0.688 bits per heavy atom. The fourth-order valence-electron chi connectivity index (χ4n) is 0.0454. The molecular formula is H6B4Na2O10. The molecule has 80 valence electrons. The van der Waals surface area contributed by atoms with Crippen LogP contribution in [-0.2, 0) is 33.4 Å². The number of hydrogen-bond acceptors (Lipinski definition) is 6. The van der Waals surface area contributed by atoms with Crippen molar-refractivity contribution in [2.45, 2.75) is 0 Å². The Labute approximate surface area is 137 Å². The topological polar surface area (TPSA) is 210 Å². The van der Waals surface area contributed by atoms with Crippen LogP contribution in [0.5, 0.6) is 0 Å². The summed E-state index contributed by atoms with van der Waals surface area (Å²) in [5, 5.41) is 0. The van der Waals surface area contributed by atoms with Gasteiger partial charge in [0.25, 0.3) is 0 Å². The van der Waals surface area contributed by atoms with Crippen LogP contribution in [0, 0.1) is 0 Å². The fourth-order valence-corrected chi connectivity index (χ4v) is 0.0454. The predicted octanol–water partition coefficient (Wildman–Crippen LogP) is -10.7. The van der Waals surface area contributed by atoms with E-state index in [1.165, 1.54) is 0 Å². The molecule has 10 nitrogen and oxygen atoms in total. The largest absolute Gasteiger partial charge is 2.00 e. The summed E-state index contributed by atoms with van der Waals surface area (Å²) in [6.45, 7) is 0. The van der Waals surface area contributed by atoms with Crippen molar-refractivity contribution >= 4 is 29.4 Å². The van der Waals surface area contributed by atoms with E-state index in [9.17, 15) is 0 Å². The molecule has 0 amide bonds. The molecule has 16 heteroatoms. The SMILES string of the molecule is O.O.O.O=BOB=O.O=BOB=O.[Na+].[Na+].[O-2]. The van der Waals surface area contributed by atoms with Crippen molar-refractivity contribution in [1.29, 1.82) is 0 Å². The number of hydrogen-bond donors (Lipinski definition) is 0. The van der Waals surface area contributed by atoms with Crippen LogP contribution >= 0.6 is 0 Å². The molecule has 16 heavy (non-hydrogen) atoms. The number of rotatable bonds is 4. The van der Waals surface area contributed by atoms with Gasteiger partial charge in [-0.3, -0.25) is 0 Å². The molecule has 0 bridgehead atoms. The van der Waals surface area contributed by atoms with Crippen LogP contribution in [0.2, 0.25) is 0 Å². The molecule has 6 N–H and O–H groups in total. The molecule has 0 aliphatic carbocycles. The zero-order valence-corrected chi connectivity index (χ0v) is 12.7. The van der Waals surface area contributed by atoms with E-state index in [1.54, 1.807) is 0 Å². The van der Waals surface area contributed by atoms with Crippen molar-refractivity contribution in [2.75, 3.05) is 0 Å². The molecule has 0 radical (unpaired) electrons. The van der Waals surface area contributed by atoms with Crippen molar-refractivity contribution in [2.24, 2.45) is 0 Å². The molecule has 0 aromatic rings. The average molecular weight is 255 g/mol. The second-order valence-corrected chi connectivity index (χ2v) is 0.657. The van der Waals surface area contributed by atoms with Crippen LogP contribution in [0.15, 0.2) is 0 Å². The molecule has 0 spiro atoms. The molecule has 0 rings (SSSR count). The smallest absolute Gasteiger partial charge is 1.00 e. The van der Waals surface area contributed by atoms with Crippen LogP contribution in [0.25, 0.3) is 0 Å². The van der Waals surface area contributed by atoms with Gasteiger partial charge in [-0.25, -0.2) is 0 Å². The van der Waals surface area contributed by atoms with Gasteiger partial charge in [0.05, 0.1) is 0 Å². The summed E-state index contributed by atoms with van der Waals surface area (Å²) in [7, 11) is 0.250. The first-order valence-electron chi connectivity index (χ1n) is 1.89. The maximum absolute atomic E-state index is 8.95. The Kier molecular flexibility index (Phi) is 250. The van der Waals surface area contributed by atoms with Crippen molar-refractivity contribution in [3.05, 3.63) is 0 Å². The third-order valence-electron chi connectivity index (χ3n) is 0.222. The van der Waals surface area contributed by atoms with Crippen LogP contribution < -0.4 is 59.1 Å². The Hall–Kier alpha value is 0.900. The standard InChI is InChI=1S/2B2O3.2Na.3H2O.O/c2*3-1-5-2-4;;;;;;/h;;;;3*1H2;/q;;2*+1;;;;-2. The minimum absolute atomic E-state index is 0. The Bertz CT molecular complexity index is 93.4. The maximum atomic E-state index is 8.95. The summed E-state index contributed by atoms with van der Waals surface area (Å²) in [4.78, 5) is 0. The Morgan fingerprint density at radius 1 is 0.562 bits per heavy atom. The van der Waals surface area contributed by atoms with Gasteiger partial charge in [-0.15, -0.1) is 0 Å². The van der Waals surface area contributed by atoms with Gasteiger partial charge in [0, 0.05) is 0 Å². The maximum Gasteiger partial charge on any atom is 1.00 e. The van der Waals surface area contributed by atoms with Gasteiger partial charge < -0.3 is 21.9 Å². The van der Waals surface area contributed by atoms with Gasteiger partial charge in [-0.2, -0.15) is 0 Å². The molecule has 0 saturated carbocycles. The molecule has 0 aliphatic heterocycles. The van der Waals surface area contributed by atoms with E-state index >= 15 is 0 Å². The van der Waals surface area contributed by atoms with Gasteiger partial charge in [-0.1, -0.05) is 0 Å². The average Bonchev–Trinajstić information content (AvgIpc) is 1.93. The van der Waals surface area contributed by atoms with E-state index in [1.807, 2.05) is 0 Å². The van der Waals surface area contributed by atoms with Crippen LogP contribution in [-0.4, -0.2) is 45.8 Å². The monoisotopic (exact) mass is 256 g/mol. The normalized spacial score (nSPS) is 2.50. The van der Waals surface area contributed by atoms with Crippen molar-refractivity contribution in [3.8, 4) is 0 Å². The molecule has 0 heterocycles. The summed E-state index contributed by atoms with van der Waals surface area (Å²) in [5.41, 5.74) is 0. The van der Waals surface area contributed by atoms with Gasteiger partial charge in [0.1, 0.15) is 0 Å². The molecule has 0 saturated heterocycles. The third-order valence-corrected chi connectivity index (χ3v) is 0.222. The van der Waals surface area contributed by atoms with Crippen molar-refractivity contribution in [3.63, 3.8) is 0 Å². The zero-order valence-electron chi connectivity index (χ0n) is 8.67. The Morgan fingerprint density at radius 3 is 0.688 bits per heavy atom. The third kappa shape index (κ3) is 120. The molecule has 0 aromatic heterocycles. The molecule has 0 unspecified atom stereocenters. The summed E-state index contributed by atoms with van der Waals surface area (Å²) in [5.74, 6) is 0. The van der Waals surface area contributed by atoms with E-state index in [0.717, 1.165) is 0 Å². The first kappa shape index (κ1) is 53.9. The van der Waals surface area contributed by atoms with Gasteiger partial charge >= 0.3 is 116 Å². The fraction of sp³-hybridized carbons (Fsp3) is 0. The second kappa shape index (κ2) is 74.1. The Balaban J connectivity index is -0.00000000970. The summed E-state index contributed by atoms with van der Waals surface area (Å²) in [6, 6.07) is 0. The molecule has 0 fully saturated rings. The van der Waals surface area contributed by atoms with Gasteiger partial charge in [-0.05, 0) is 0 Å². The second-order valence-electron chi connectivity index (χ2n) is 0.657. The summed E-state index contributed by atoms with van der Waals surface area (Å²) < 4.78 is 42.8. The van der Waals surface area contributed by atoms with Crippen molar-refractivity contribution < 1.29 is 109 Å². The van der Waals surface area contributed by atoms with E-state index in [2.05, 4.69) is 9.14 Å². The minimum atomic E-state index is 0. The summed E-state index contributed by atoms with van der Waals surface area (Å²) in [6.07, 6.45) is 0. The van der Waals surface area contributed by atoms with E-state index in [0.29, 0.717) is 0 Å². The first-order chi connectivity index (χ1) is 4.83. The first-order valence-corrected chi connectivity index (χ1v) is 1.89. The van der Waals surface area contributed by atoms with Crippen LogP contribution in [0.4, 0.5) is 0 Å². The quantitative estimate of drug-likeness (QED) is 0.444. The van der Waals surface area contributed by atoms with Crippen LogP contribution in [0.3, 0.4) is 0 Å². The van der Waals surface area contributed by atoms with E-state index in [-0.39, 0.29) is 110 Å². The minimum Gasteiger partial charge on any atom is -2.00 e. The van der Waals surface area contributed by atoms with Crippen molar-refractivity contribution in [1.82, 2.24) is 0 Å². The molecular weight excluding hydrogens is 249 g/mol. The summed E-state index contributed by atoms with van der Waals surface area (Å²) >= 11 is 0. The van der Waals surface area contributed by atoms with Gasteiger partial charge in [0.15, 0.2) is 0 Å². The van der Waals surface area contributed by atoms with E-state index in [4.69, 9.17) is 18.8 Å². The van der Waals surface area contributed by atoms with Gasteiger partial charge in [0.2, 0.25) is 0 Å². The molecule has 0 atom stereocenters. The predicted molar refractivity (Wildman–Crippen MR) is 39.5 cm³/mol. The van der Waals surface area contributed by atoms with E-state index < -0.39 is 0 Å².